The molecule has 0 aliphatic carbocycles. The van der Waals surface area contributed by atoms with Crippen molar-refractivity contribution in [3.05, 3.63) is 70.0 Å². The van der Waals surface area contributed by atoms with E-state index in [0.717, 1.165) is 0 Å². The average molecular weight is 487 g/mol. The number of halogens is 2. The molecule has 0 fully saturated rings. The van der Waals surface area contributed by atoms with Crippen molar-refractivity contribution in [2.45, 2.75) is 13.0 Å². The van der Waals surface area contributed by atoms with Gasteiger partial charge in [0.2, 0.25) is 5.91 Å². The Labute approximate surface area is 199 Å². The van der Waals surface area contributed by atoms with Crippen molar-refractivity contribution in [1.82, 2.24) is 10.4 Å². The highest BCUT2D eigenvalue weighted by Crippen LogP contribution is 2.34. The minimum absolute atomic E-state index is 0.271. The van der Waals surface area contributed by atoms with Crippen molar-refractivity contribution in [3.63, 3.8) is 0 Å². The first-order chi connectivity index (χ1) is 15.8. The quantitative estimate of drug-likeness (QED) is 0.370. The van der Waals surface area contributed by atoms with Gasteiger partial charge in [-0.05, 0) is 37.3 Å². The van der Waals surface area contributed by atoms with Crippen LogP contribution < -0.4 is 16.2 Å². The van der Waals surface area contributed by atoms with Gasteiger partial charge in [0.15, 0.2) is 0 Å². The highest BCUT2D eigenvalue weighted by Gasteiger charge is 2.24. The fourth-order valence-electron chi connectivity index (χ4n) is 3.68. The number of rotatable bonds is 7. The summed E-state index contributed by atoms with van der Waals surface area (Å²) >= 11 is 12.7. The number of benzene rings is 2. The van der Waals surface area contributed by atoms with Gasteiger partial charge in [0.25, 0.3) is 5.91 Å². The molecule has 1 unspecified atom stereocenters. The molecule has 1 atom stereocenters. The van der Waals surface area contributed by atoms with Crippen LogP contribution in [0.3, 0.4) is 0 Å². The smallest absolute Gasteiger partial charge is 0.269 e. The number of ether oxygens (including phenoxy) is 1. The van der Waals surface area contributed by atoms with Gasteiger partial charge in [-0.15, -0.1) is 0 Å². The lowest BCUT2D eigenvalue weighted by atomic mass is 10.0. The van der Waals surface area contributed by atoms with Crippen molar-refractivity contribution >= 4 is 62.6 Å². The van der Waals surface area contributed by atoms with E-state index < -0.39 is 11.8 Å². The first-order valence-corrected chi connectivity index (χ1v) is 10.7. The number of methoxy groups -OCH3 is 1. The molecule has 3 N–H and O–H groups in total. The van der Waals surface area contributed by atoms with Gasteiger partial charge >= 0.3 is 0 Å². The van der Waals surface area contributed by atoms with Crippen molar-refractivity contribution in [1.29, 1.82) is 0 Å². The lowest BCUT2D eigenvalue weighted by molar-refractivity contribution is 0.0935. The SMILES string of the molecule is COCC(C)N(NC(=O)c1ccc2oc3cccc(C(N)=O)c3c2c1)c1c(Cl)cncc1Cl. The van der Waals surface area contributed by atoms with E-state index in [1.54, 1.807) is 48.5 Å². The summed E-state index contributed by atoms with van der Waals surface area (Å²) in [6, 6.07) is 9.68. The molecule has 2 heterocycles. The Morgan fingerprint density at radius 1 is 1.18 bits per heavy atom. The predicted octanol–water partition coefficient (Wildman–Crippen LogP) is 4.57. The maximum atomic E-state index is 13.3. The number of carbonyl (C=O) groups is 2. The fraction of sp³-hybridized carbons (Fsp3) is 0.174. The van der Waals surface area contributed by atoms with Crippen molar-refractivity contribution in [2.75, 3.05) is 18.7 Å². The highest BCUT2D eigenvalue weighted by molar-refractivity contribution is 6.39. The third kappa shape index (κ3) is 4.32. The summed E-state index contributed by atoms with van der Waals surface area (Å²) in [6.45, 7) is 2.14. The van der Waals surface area contributed by atoms with E-state index in [1.165, 1.54) is 12.4 Å². The van der Waals surface area contributed by atoms with E-state index in [2.05, 4.69) is 10.4 Å². The molecule has 0 aliphatic heterocycles. The number of furan rings is 1. The molecule has 2 aromatic heterocycles. The van der Waals surface area contributed by atoms with Gasteiger partial charge in [-0.3, -0.25) is 25.0 Å². The lowest BCUT2D eigenvalue weighted by Crippen LogP contribution is -2.49. The minimum Gasteiger partial charge on any atom is -0.456 e. The summed E-state index contributed by atoms with van der Waals surface area (Å²) < 4.78 is 11.1. The summed E-state index contributed by atoms with van der Waals surface area (Å²) in [7, 11) is 1.56. The molecule has 8 nitrogen and oxygen atoms in total. The molecule has 0 bridgehead atoms. The minimum atomic E-state index is -0.584. The molecule has 4 rings (SSSR count). The molecule has 2 amide bonds. The summed E-state index contributed by atoms with van der Waals surface area (Å²) in [5, 5.41) is 3.24. The number of hydrogen-bond donors (Lipinski definition) is 2. The van der Waals surface area contributed by atoms with E-state index >= 15 is 0 Å². The van der Waals surface area contributed by atoms with E-state index in [4.69, 9.17) is 38.1 Å². The maximum absolute atomic E-state index is 13.3. The Morgan fingerprint density at radius 2 is 1.91 bits per heavy atom. The fourth-order valence-corrected chi connectivity index (χ4v) is 4.23. The number of amides is 2. The average Bonchev–Trinajstić information content (AvgIpc) is 3.16. The Balaban J connectivity index is 1.76. The molecule has 170 valence electrons. The number of hydrogen-bond acceptors (Lipinski definition) is 6. The molecular weight excluding hydrogens is 467 g/mol. The standard InChI is InChI=1S/C23H20Cl2N4O4/c1-12(11-32-2)29(21-16(24)9-27-10-17(21)25)28-23(31)13-6-7-18-15(8-13)20-14(22(26)30)4-3-5-19(20)33-18/h3-10,12H,11H2,1-2H3,(H2,26,30)(H,28,31). The Kier molecular flexibility index (Phi) is 6.42. The second-order valence-corrected chi connectivity index (χ2v) is 8.24. The van der Waals surface area contributed by atoms with Crippen LogP contribution in [-0.2, 0) is 4.74 Å². The summed E-state index contributed by atoms with van der Waals surface area (Å²) in [5.41, 5.74) is 10.5. The Morgan fingerprint density at radius 3 is 2.58 bits per heavy atom. The van der Waals surface area contributed by atoms with E-state index in [1.807, 2.05) is 6.92 Å². The zero-order valence-electron chi connectivity index (χ0n) is 17.8. The van der Waals surface area contributed by atoms with Gasteiger partial charge in [-0.25, -0.2) is 0 Å². The summed E-state index contributed by atoms with van der Waals surface area (Å²) in [5.74, 6) is -1.01. The van der Waals surface area contributed by atoms with Crippen LogP contribution >= 0.6 is 23.2 Å². The van der Waals surface area contributed by atoms with Crippen molar-refractivity contribution in [3.8, 4) is 0 Å². The van der Waals surface area contributed by atoms with Gasteiger partial charge in [0.1, 0.15) is 11.2 Å². The number of nitrogens with two attached hydrogens (primary N) is 1. The molecule has 33 heavy (non-hydrogen) atoms. The van der Waals surface area contributed by atoms with E-state index in [-0.39, 0.29) is 16.1 Å². The molecule has 0 aliphatic rings. The number of hydrazine groups is 1. The number of pyridine rings is 1. The Hall–Kier alpha value is -3.33. The maximum Gasteiger partial charge on any atom is 0.269 e. The predicted molar refractivity (Wildman–Crippen MR) is 128 cm³/mol. The van der Waals surface area contributed by atoms with E-state index in [9.17, 15) is 9.59 Å². The lowest BCUT2D eigenvalue weighted by Gasteiger charge is -2.32. The summed E-state index contributed by atoms with van der Waals surface area (Å²) in [4.78, 5) is 29.2. The van der Waals surface area contributed by atoms with Crippen molar-refractivity contribution < 1.29 is 18.7 Å². The number of aromatic nitrogens is 1. The first-order valence-electron chi connectivity index (χ1n) is 9.95. The van der Waals surface area contributed by atoms with Gasteiger partial charge < -0.3 is 14.9 Å². The van der Waals surface area contributed by atoms with Crippen molar-refractivity contribution in [2.24, 2.45) is 5.73 Å². The van der Waals surface area contributed by atoms with Gasteiger partial charge in [0, 0.05) is 35.8 Å². The largest absolute Gasteiger partial charge is 0.456 e. The van der Waals surface area contributed by atoms with Crippen LogP contribution in [0.15, 0.2) is 53.2 Å². The topological polar surface area (TPSA) is 111 Å². The zero-order valence-corrected chi connectivity index (χ0v) is 19.3. The van der Waals surface area contributed by atoms with Crippen LogP contribution in [-0.4, -0.2) is 36.6 Å². The molecule has 0 spiro atoms. The third-order valence-electron chi connectivity index (χ3n) is 5.16. The van der Waals surface area contributed by atoms with E-state index in [0.29, 0.717) is 45.4 Å². The molecule has 4 aromatic rings. The molecule has 0 saturated heterocycles. The second kappa shape index (κ2) is 9.27. The van der Waals surface area contributed by atoms with Crippen LogP contribution in [0.4, 0.5) is 5.69 Å². The normalized spacial score (nSPS) is 12.1. The summed E-state index contributed by atoms with van der Waals surface area (Å²) in [6.07, 6.45) is 2.88. The van der Waals surface area contributed by atoms with Gasteiger partial charge in [0.05, 0.1) is 33.9 Å². The highest BCUT2D eigenvalue weighted by atomic mass is 35.5. The van der Waals surface area contributed by atoms with Crippen LogP contribution in [0.25, 0.3) is 21.9 Å². The van der Waals surface area contributed by atoms with Crippen LogP contribution in [0.1, 0.15) is 27.6 Å². The molecule has 0 saturated carbocycles. The zero-order chi connectivity index (χ0) is 23.7. The number of primary amides is 1. The number of nitrogens with zero attached hydrogens (tertiary/aromatic N) is 2. The molecular formula is C23H20Cl2N4O4. The first kappa shape index (κ1) is 22.8. The number of fused-ring (bicyclic) bond motifs is 3. The molecule has 0 radical (unpaired) electrons. The number of carbonyl (C=O) groups excluding carboxylic acids is 2. The number of anilines is 1. The van der Waals surface area contributed by atoms with Gasteiger partial charge in [-0.2, -0.15) is 0 Å². The molecule has 10 heteroatoms. The second-order valence-electron chi connectivity index (χ2n) is 7.42. The Bertz CT molecular complexity index is 1350. The van der Waals surface area contributed by atoms with Crippen LogP contribution in [0.2, 0.25) is 10.0 Å². The number of nitrogens with one attached hydrogen (secondary N) is 1. The monoisotopic (exact) mass is 486 g/mol. The van der Waals surface area contributed by atoms with Gasteiger partial charge in [-0.1, -0.05) is 29.3 Å². The molecule has 2 aromatic carbocycles. The van der Waals surface area contributed by atoms with Crippen LogP contribution in [0.5, 0.6) is 0 Å². The third-order valence-corrected chi connectivity index (χ3v) is 5.72. The van der Waals surface area contributed by atoms with Crippen LogP contribution in [0, 0.1) is 0 Å².